The van der Waals surface area contributed by atoms with E-state index in [-0.39, 0.29) is 27.8 Å². The molecule has 24 heavy (non-hydrogen) atoms. The molecule has 0 saturated heterocycles. The number of nitriles is 1. The molecule has 0 spiro atoms. The topological polar surface area (TPSA) is 79.2 Å². The Bertz CT molecular complexity index is 657. The van der Waals surface area contributed by atoms with E-state index in [4.69, 9.17) is 21.6 Å². The highest BCUT2D eigenvalue weighted by Gasteiger charge is 2.21. The quantitative estimate of drug-likeness (QED) is 0.797. The smallest absolute Gasteiger partial charge is 0.341 e. The summed E-state index contributed by atoms with van der Waals surface area (Å²) in [5.41, 5.74) is 0.431. The van der Waals surface area contributed by atoms with Crippen LogP contribution in [0.25, 0.3) is 0 Å². The van der Waals surface area contributed by atoms with Crippen molar-refractivity contribution in [3.05, 3.63) is 28.8 Å². The Morgan fingerprint density at radius 3 is 2.46 bits per heavy atom. The average molecular weight is 351 g/mol. The summed E-state index contributed by atoms with van der Waals surface area (Å²) < 4.78 is 5.17. The van der Waals surface area contributed by atoms with Crippen molar-refractivity contribution in [2.45, 2.75) is 47.1 Å². The summed E-state index contributed by atoms with van der Waals surface area (Å²) in [6.45, 7) is 9.46. The van der Waals surface area contributed by atoms with Gasteiger partial charge in [-0.3, -0.25) is 4.79 Å². The van der Waals surface area contributed by atoms with E-state index < -0.39 is 12.1 Å². The largest absolute Gasteiger partial charge is 0.443 e. The minimum Gasteiger partial charge on any atom is -0.443 e. The summed E-state index contributed by atoms with van der Waals surface area (Å²) in [5.74, 6) is -0.971. The summed E-state index contributed by atoms with van der Waals surface area (Å²) in [6, 6.07) is 6.53. The van der Waals surface area contributed by atoms with Gasteiger partial charge in [0.15, 0.2) is 6.10 Å². The highest BCUT2D eigenvalue weighted by atomic mass is 35.5. The molecule has 1 aromatic carbocycles. The first-order valence-corrected chi connectivity index (χ1v) is 8.11. The maximum absolute atomic E-state index is 12.2. The molecule has 0 aliphatic heterocycles. The van der Waals surface area contributed by atoms with Crippen LogP contribution in [0.3, 0.4) is 0 Å². The second-order valence-corrected chi connectivity index (χ2v) is 7.59. The minimum atomic E-state index is -0.854. The zero-order valence-corrected chi connectivity index (χ0v) is 15.4. The third kappa shape index (κ3) is 6.21. The van der Waals surface area contributed by atoms with Crippen LogP contribution in [0.4, 0.5) is 5.69 Å². The maximum atomic E-state index is 12.2. The fourth-order valence-electron chi connectivity index (χ4n) is 1.94. The molecule has 0 aliphatic carbocycles. The third-order valence-electron chi connectivity index (χ3n) is 3.13. The number of benzene rings is 1. The second-order valence-electron chi connectivity index (χ2n) is 7.18. The van der Waals surface area contributed by atoms with Crippen molar-refractivity contribution in [1.82, 2.24) is 0 Å². The number of carbonyl (C=O) groups is 2. The lowest BCUT2D eigenvalue weighted by atomic mass is 9.92. The first kappa shape index (κ1) is 20.0. The Morgan fingerprint density at radius 2 is 1.96 bits per heavy atom. The van der Waals surface area contributed by atoms with E-state index in [9.17, 15) is 9.59 Å². The second kappa shape index (κ2) is 8.16. The van der Waals surface area contributed by atoms with Crippen LogP contribution in [0.1, 0.15) is 51.4 Å². The predicted molar refractivity (Wildman–Crippen MR) is 93.8 cm³/mol. The van der Waals surface area contributed by atoms with Gasteiger partial charge >= 0.3 is 5.97 Å². The molecule has 0 radical (unpaired) electrons. The molecular weight excluding hydrogens is 328 g/mol. The van der Waals surface area contributed by atoms with Gasteiger partial charge in [0.2, 0.25) is 5.91 Å². The number of hydrogen-bond donors (Lipinski definition) is 1. The van der Waals surface area contributed by atoms with Crippen LogP contribution >= 0.6 is 11.6 Å². The van der Waals surface area contributed by atoms with E-state index in [1.807, 2.05) is 26.8 Å². The van der Waals surface area contributed by atoms with Crippen LogP contribution in [0.5, 0.6) is 0 Å². The molecule has 130 valence electrons. The van der Waals surface area contributed by atoms with Gasteiger partial charge in [-0.25, -0.2) is 4.79 Å². The number of esters is 1. The van der Waals surface area contributed by atoms with E-state index >= 15 is 0 Å². The summed E-state index contributed by atoms with van der Waals surface area (Å²) in [4.78, 5) is 24.2. The fraction of sp³-hybridized carbons (Fsp3) is 0.500. The van der Waals surface area contributed by atoms with E-state index in [0.717, 1.165) is 0 Å². The summed E-state index contributed by atoms with van der Waals surface area (Å²) in [7, 11) is 0. The molecule has 0 aliphatic rings. The number of ether oxygens (including phenoxy) is 1. The zero-order valence-electron chi connectivity index (χ0n) is 14.6. The summed E-state index contributed by atoms with van der Waals surface area (Å²) in [5, 5.41) is 12.0. The molecule has 0 bridgehead atoms. The Labute approximate surface area is 147 Å². The van der Waals surface area contributed by atoms with Gasteiger partial charge in [-0.2, -0.15) is 5.26 Å². The Morgan fingerprint density at radius 1 is 1.33 bits per heavy atom. The van der Waals surface area contributed by atoms with Crippen LogP contribution < -0.4 is 5.32 Å². The van der Waals surface area contributed by atoms with E-state index in [0.29, 0.717) is 12.1 Å². The highest BCUT2D eigenvalue weighted by Crippen LogP contribution is 2.24. The predicted octanol–water partition coefficient (Wildman–Crippen LogP) is 4.42. The number of anilines is 1. The van der Waals surface area contributed by atoms with Crippen molar-refractivity contribution < 1.29 is 14.3 Å². The van der Waals surface area contributed by atoms with Gasteiger partial charge < -0.3 is 10.1 Å². The summed E-state index contributed by atoms with van der Waals surface area (Å²) in [6.07, 6.45) is -0.507. The van der Waals surface area contributed by atoms with Crippen molar-refractivity contribution in [3.63, 3.8) is 0 Å². The molecule has 0 saturated carbocycles. The molecule has 1 rings (SSSR count). The highest BCUT2D eigenvalue weighted by molar-refractivity contribution is 6.33. The van der Waals surface area contributed by atoms with E-state index in [1.165, 1.54) is 12.1 Å². The van der Waals surface area contributed by atoms with Gasteiger partial charge in [-0.1, -0.05) is 46.2 Å². The summed E-state index contributed by atoms with van der Waals surface area (Å²) >= 11 is 6.04. The van der Waals surface area contributed by atoms with Crippen molar-refractivity contribution in [3.8, 4) is 6.07 Å². The van der Waals surface area contributed by atoms with Crippen LogP contribution in [0, 0.1) is 22.7 Å². The Hall–Kier alpha value is -2.06. The number of amides is 1. The molecule has 1 aromatic rings. The lowest BCUT2D eigenvalue weighted by Gasteiger charge is -2.18. The molecule has 0 heterocycles. The van der Waals surface area contributed by atoms with Gasteiger partial charge in [-0.05, 0) is 23.6 Å². The molecule has 1 N–H and O–H groups in total. The van der Waals surface area contributed by atoms with Gasteiger partial charge in [0, 0.05) is 18.0 Å². The number of hydrogen-bond acceptors (Lipinski definition) is 4. The molecule has 0 aromatic heterocycles. The Kier molecular flexibility index (Phi) is 6.80. The van der Waals surface area contributed by atoms with Gasteiger partial charge in [0.1, 0.15) is 6.07 Å². The molecule has 6 heteroatoms. The lowest BCUT2D eigenvalue weighted by molar-refractivity contribution is -0.117. The number of halogens is 1. The monoisotopic (exact) mass is 350 g/mol. The molecular formula is C18H23ClN2O3. The number of nitrogens with zero attached hydrogens (tertiary/aromatic N) is 1. The standard InChI is InChI=1S/C18H23ClN2O3/c1-11(2)15(10-20)24-17(23)13-8-12(6-7-14(13)19)21-16(22)9-18(3,4)5/h6-8,11,15H,9H2,1-5H3,(H,21,22)/t15-/m0/s1. The van der Waals surface area contributed by atoms with Crippen molar-refractivity contribution in [2.24, 2.45) is 11.3 Å². The normalized spacial score (nSPS) is 12.4. The fourth-order valence-corrected chi connectivity index (χ4v) is 2.13. The molecule has 1 amide bonds. The van der Waals surface area contributed by atoms with Gasteiger partial charge in [0.25, 0.3) is 0 Å². The number of nitrogens with one attached hydrogen (secondary N) is 1. The first-order valence-electron chi connectivity index (χ1n) is 7.73. The van der Waals surface area contributed by atoms with E-state index in [2.05, 4.69) is 5.32 Å². The van der Waals surface area contributed by atoms with Gasteiger partial charge in [0.05, 0.1) is 10.6 Å². The van der Waals surface area contributed by atoms with Gasteiger partial charge in [-0.15, -0.1) is 0 Å². The molecule has 0 fully saturated rings. The molecule has 1 atom stereocenters. The van der Waals surface area contributed by atoms with E-state index in [1.54, 1.807) is 19.9 Å². The first-order chi connectivity index (χ1) is 11.0. The molecule has 5 nitrogen and oxygen atoms in total. The number of carbonyl (C=O) groups excluding carboxylic acids is 2. The SMILES string of the molecule is CC(C)[C@H](C#N)OC(=O)c1cc(NC(=O)CC(C)(C)C)ccc1Cl. The third-order valence-corrected chi connectivity index (χ3v) is 3.46. The average Bonchev–Trinajstić information content (AvgIpc) is 2.44. The molecule has 0 unspecified atom stereocenters. The van der Waals surface area contributed by atoms with Crippen LogP contribution in [0.2, 0.25) is 5.02 Å². The lowest BCUT2D eigenvalue weighted by Crippen LogP contribution is -2.22. The van der Waals surface area contributed by atoms with Crippen molar-refractivity contribution in [2.75, 3.05) is 5.32 Å². The van der Waals surface area contributed by atoms with Crippen LogP contribution in [-0.2, 0) is 9.53 Å². The zero-order chi connectivity index (χ0) is 18.5. The minimum absolute atomic E-state index is 0.117. The Balaban J connectivity index is 2.92. The van der Waals surface area contributed by atoms with Crippen molar-refractivity contribution >= 4 is 29.2 Å². The van der Waals surface area contributed by atoms with Crippen molar-refractivity contribution in [1.29, 1.82) is 5.26 Å². The van der Waals surface area contributed by atoms with Crippen LogP contribution in [0.15, 0.2) is 18.2 Å². The van der Waals surface area contributed by atoms with Crippen LogP contribution in [-0.4, -0.2) is 18.0 Å². The number of rotatable bonds is 5. The maximum Gasteiger partial charge on any atom is 0.341 e.